The van der Waals surface area contributed by atoms with Crippen LogP contribution in [-0.2, 0) is 0 Å². The molecule has 0 bridgehead atoms. The highest BCUT2D eigenvalue weighted by Gasteiger charge is 2.26. The number of nitrogens with zero attached hydrogens (tertiary/aromatic N) is 2. The van der Waals surface area contributed by atoms with Crippen molar-refractivity contribution in [1.29, 1.82) is 0 Å². The zero-order valence-corrected chi connectivity index (χ0v) is 12.9. The predicted octanol–water partition coefficient (Wildman–Crippen LogP) is 4.66. The van der Waals surface area contributed by atoms with Crippen molar-refractivity contribution in [3.05, 3.63) is 29.0 Å². The molecule has 1 saturated carbocycles. The van der Waals surface area contributed by atoms with Crippen LogP contribution in [0.4, 0.5) is 5.69 Å². The summed E-state index contributed by atoms with van der Waals surface area (Å²) in [4.78, 5) is 4.56. The first kappa shape index (κ1) is 14.4. The van der Waals surface area contributed by atoms with Gasteiger partial charge in [-0.15, -0.1) is 0 Å². The molecule has 0 radical (unpaired) electrons. The topological polar surface area (TPSA) is 64.9 Å². The number of aromatic nitrogens is 2. The van der Waals surface area contributed by atoms with Crippen LogP contribution in [0.3, 0.4) is 0 Å². The summed E-state index contributed by atoms with van der Waals surface area (Å²) >= 11 is 6.04. The summed E-state index contributed by atoms with van der Waals surface area (Å²) in [6, 6.07) is 5.45. The first-order valence-electron chi connectivity index (χ1n) is 7.57. The monoisotopic (exact) mass is 305 g/mol. The number of benzene rings is 1. The standard InChI is InChI=1S/C16H20ClN3O/c1-2-10-5-3-6-11(9-10)15-19-16(21-20-15)12-7-4-8-13(17)14(12)18/h4,7-8,10-11H,2-3,5-6,9,18H2,1H3. The summed E-state index contributed by atoms with van der Waals surface area (Å²) < 4.78 is 5.41. The highest BCUT2D eigenvalue weighted by atomic mass is 35.5. The Morgan fingerprint density at radius 1 is 1.38 bits per heavy atom. The zero-order chi connectivity index (χ0) is 14.8. The molecule has 2 unspecified atom stereocenters. The summed E-state index contributed by atoms with van der Waals surface area (Å²) in [5, 5.41) is 4.68. The van der Waals surface area contributed by atoms with Crippen LogP contribution < -0.4 is 5.73 Å². The van der Waals surface area contributed by atoms with E-state index in [0.29, 0.717) is 28.1 Å². The lowest BCUT2D eigenvalue weighted by atomic mass is 9.80. The SMILES string of the molecule is CCC1CCCC(c2noc(-c3cccc(Cl)c3N)n2)C1. The number of hydrogen-bond acceptors (Lipinski definition) is 4. The molecule has 0 aliphatic heterocycles. The summed E-state index contributed by atoms with van der Waals surface area (Å²) in [6.45, 7) is 2.25. The van der Waals surface area contributed by atoms with E-state index in [1.54, 1.807) is 6.07 Å². The van der Waals surface area contributed by atoms with Crippen LogP contribution in [0, 0.1) is 5.92 Å². The van der Waals surface area contributed by atoms with Gasteiger partial charge in [-0.3, -0.25) is 0 Å². The Morgan fingerprint density at radius 3 is 3.05 bits per heavy atom. The van der Waals surface area contributed by atoms with Crippen LogP contribution in [0.15, 0.2) is 22.7 Å². The lowest BCUT2D eigenvalue weighted by Crippen LogP contribution is -2.14. The Morgan fingerprint density at radius 2 is 2.24 bits per heavy atom. The maximum atomic E-state index is 6.04. The van der Waals surface area contributed by atoms with Gasteiger partial charge in [-0.2, -0.15) is 4.98 Å². The van der Waals surface area contributed by atoms with Gasteiger partial charge in [0.2, 0.25) is 0 Å². The summed E-state index contributed by atoms with van der Waals surface area (Å²) in [5.74, 6) is 2.45. The molecule has 1 aromatic heterocycles. The van der Waals surface area contributed by atoms with Gasteiger partial charge in [0.05, 0.1) is 16.3 Å². The molecule has 0 saturated heterocycles. The van der Waals surface area contributed by atoms with Gasteiger partial charge in [0.1, 0.15) is 0 Å². The third kappa shape index (κ3) is 2.91. The molecule has 21 heavy (non-hydrogen) atoms. The number of hydrogen-bond donors (Lipinski definition) is 1. The molecule has 2 atom stereocenters. The van der Waals surface area contributed by atoms with E-state index in [4.69, 9.17) is 21.9 Å². The predicted molar refractivity (Wildman–Crippen MR) is 84.1 cm³/mol. The summed E-state index contributed by atoms with van der Waals surface area (Å²) in [5.41, 5.74) is 7.19. The van der Waals surface area contributed by atoms with Crippen LogP contribution in [0.5, 0.6) is 0 Å². The fourth-order valence-electron chi connectivity index (χ4n) is 3.13. The van der Waals surface area contributed by atoms with E-state index in [1.807, 2.05) is 12.1 Å². The molecule has 1 aromatic carbocycles. The van der Waals surface area contributed by atoms with Crippen molar-refractivity contribution in [2.45, 2.75) is 44.9 Å². The van der Waals surface area contributed by atoms with Gasteiger partial charge in [-0.25, -0.2) is 0 Å². The summed E-state index contributed by atoms with van der Waals surface area (Å²) in [6.07, 6.45) is 6.08. The van der Waals surface area contributed by atoms with Crippen molar-refractivity contribution in [1.82, 2.24) is 10.1 Å². The number of para-hydroxylation sites is 1. The first-order valence-corrected chi connectivity index (χ1v) is 7.94. The molecule has 1 aliphatic carbocycles. The molecular formula is C16H20ClN3O. The van der Waals surface area contributed by atoms with E-state index in [0.717, 1.165) is 24.6 Å². The van der Waals surface area contributed by atoms with Crippen molar-refractivity contribution in [3.8, 4) is 11.5 Å². The molecule has 2 aromatic rings. The van der Waals surface area contributed by atoms with E-state index in [2.05, 4.69) is 17.1 Å². The van der Waals surface area contributed by atoms with Gasteiger partial charge < -0.3 is 10.3 Å². The fourth-order valence-corrected chi connectivity index (χ4v) is 3.30. The number of nitrogens with two attached hydrogens (primary N) is 1. The Labute approximate surface area is 129 Å². The van der Waals surface area contributed by atoms with Gasteiger partial charge in [0.25, 0.3) is 5.89 Å². The molecule has 5 heteroatoms. The third-order valence-corrected chi connectivity index (χ3v) is 4.78. The molecule has 0 spiro atoms. The Bertz CT molecular complexity index is 626. The zero-order valence-electron chi connectivity index (χ0n) is 12.2. The second kappa shape index (κ2) is 6.06. The summed E-state index contributed by atoms with van der Waals surface area (Å²) in [7, 11) is 0. The van der Waals surface area contributed by atoms with E-state index in [9.17, 15) is 0 Å². The first-order chi connectivity index (χ1) is 10.2. The number of halogens is 1. The molecule has 2 N–H and O–H groups in total. The quantitative estimate of drug-likeness (QED) is 0.838. The normalized spacial score (nSPS) is 22.4. The minimum atomic E-state index is 0.404. The van der Waals surface area contributed by atoms with Gasteiger partial charge in [0, 0.05) is 5.92 Å². The van der Waals surface area contributed by atoms with Gasteiger partial charge >= 0.3 is 0 Å². The van der Waals surface area contributed by atoms with Crippen molar-refractivity contribution in [2.75, 3.05) is 5.73 Å². The average Bonchev–Trinajstić information content (AvgIpc) is 3.00. The largest absolute Gasteiger partial charge is 0.397 e. The van der Waals surface area contributed by atoms with E-state index in [1.165, 1.54) is 19.3 Å². The van der Waals surface area contributed by atoms with Crippen molar-refractivity contribution >= 4 is 17.3 Å². The second-order valence-electron chi connectivity index (χ2n) is 5.80. The Kier molecular flexibility index (Phi) is 4.15. The second-order valence-corrected chi connectivity index (χ2v) is 6.20. The van der Waals surface area contributed by atoms with Crippen molar-refractivity contribution in [3.63, 3.8) is 0 Å². The maximum absolute atomic E-state index is 6.04. The van der Waals surface area contributed by atoms with Gasteiger partial charge in [-0.1, -0.05) is 49.0 Å². The highest BCUT2D eigenvalue weighted by molar-refractivity contribution is 6.33. The van der Waals surface area contributed by atoms with Gasteiger partial charge in [-0.05, 0) is 30.9 Å². The number of nitrogen functional groups attached to an aromatic ring is 1. The smallest absolute Gasteiger partial charge is 0.260 e. The minimum Gasteiger partial charge on any atom is -0.397 e. The molecule has 0 amide bonds. The Balaban J connectivity index is 1.85. The average molecular weight is 306 g/mol. The molecule has 4 nitrogen and oxygen atoms in total. The van der Waals surface area contributed by atoms with E-state index < -0.39 is 0 Å². The number of rotatable bonds is 3. The maximum Gasteiger partial charge on any atom is 0.260 e. The van der Waals surface area contributed by atoms with E-state index in [-0.39, 0.29) is 0 Å². The van der Waals surface area contributed by atoms with Crippen LogP contribution in [-0.4, -0.2) is 10.1 Å². The van der Waals surface area contributed by atoms with Gasteiger partial charge in [0.15, 0.2) is 5.82 Å². The van der Waals surface area contributed by atoms with Crippen LogP contribution in [0.25, 0.3) is 11.5 Å². The van der Waals surface area contributed by atoms with Crippen molar-refractivity contribution < 1.29 is 4.52 Å². The molecule has 3 rings (SSSR count). The number of anilines is 1. The fraction of sp³-hybridized carbons (Fsp3) is 0.500. The minimum absolute atomic E-state index is 0.404. The van der Waals surface area contributed by atoms with Crippen molar-refractivity contribution in [2.24, 2.45) is 5.92 Å². The lowest BCUT2D eigenvalue weighted by molar-refractivity contribution is 0.300. The lowest BCUT2D eigenvalue weighted by Gasteiger charge is -2.26. The third-order valence-electron chi connectivity index (χ3n) is 4.45. The van der Waals surface area contributed by atoms with Crippen LogP contribution in [0.1, 0.15) is 50.8 Å². The van der Waals surface area contributed by atoms with Crippen LogP contribution >= 0.6 is 11.6 Å². The Hall–Kier alpha value is -1.55. The van der Waals surface area contributed by atoms with E-state index >= 15 is 0 Å². The van der Waals surface area contributed by atoms with Crippen LogP contribution in [0.2, 0.25) is 5.02 Å². The highest BCUT2D eigenvalue weighted by Crippen LogP contribution is 2.37. The molecule has 1 fully saturated rings. The molecule has 1 heterocycles. The molecule has 112 valence electrons. The molecule has 1 aliphatic rings. The molecular weight excluding hydrogens is 286 g/mol.